The monoisotopic (exact) mass is 212 g/mol. The largest absolute Gasteiger partial charge is 0.458 e. The highest BCUT2D eigenvalue weighted by Gasteiger charge is 2.12. The Kier molecular flexibility index (Phi) is 6.71. The Hall–Kier alpha value is -1.09. The molecule has 0 aromatic rings. The van der Waals surface area contributed by atoms with Gasteiger partial charge in [0.1, 0.15) is 6.10 Å². The molecule has 0 aromatic heterocycles. The predicted octanol–water partition coefficient (Wildman–Crippen LogP) is 2.21. The molecule has 0 aliphatic rings. The Balaban J connectivity index is 4.13. The van der Waals surface area contributed by atoms with E-state index in [4.69, 9.17) is 9.84 Å². The molecule has 0 amide bonds. The third kappa shape index (κ3) is 6.91. The molecule has 15 heavy (non-hydrogen) atoms. The van der Waals surface area contributed by atoms with E-state index in [1.54, 1.807) is 6.08 Å². The Morgan fingerprint density at radius 2 is 2.07 bits per heavy atom. The quantitative estimate of drug-likeness (QED) is 0.542. The summed E-state index contributed by atoms with van der Waals surface area (Å²) in [5.74, 6) is -0.285. The van der Waals surface area contributed by atoms with Crippen LogP contribution in [0.4, 0.5) is 0 Å². The zero-order chi connectivity index (χ0) is 11.8. The summed E-state index contributed by atoms with van der Waals surface area (Å²) in [5.41, 5.74) is 1.94. The van der Waals surface area contributed by atoms with Crippen LogP contribution in [0.15, 0.2) is 23.8 Å². The molecule has 86 valence electrons. The second-order valence-corrected chi connectivity index (χ2v) is 3.72. The first-order chi connectivity index (χ1) is 6.97. The summed E-state index contributed by atoms with van der Waals surface area (Å²) < 4.78 is 5.11. The molecular formula is C12H20O3. The van der Waals surface area contributed by atoms with E-state index < -0.39 is 0 Å². The van der Waals surface area contributed by atoms with Gasteiger partial charge in [-0.25, -0.2) is 0 Å². The van der Waals surface area contributed by atoms with Crippen molar-refractivity contribution in [2.75, 3.05) is 6.61 Å². The van der Waals surface area contributed by atoms with Crippen molar-refractivity contribution < 1.29 is 14.6 Å². The fourth-order valence-corrected chi connectivity index (χ4v) is 1.22. The van der Waals surface area contributed by atoms with E-state index in [1.165, 1.54) is 6.92 Å². The van der Waals surface area contributed by atoms with Crippen LogP contribution in [0, 0.1) is 0 Å². The standard InChI is InChI=1S/C12H20O3/c1-9(2)12(15-11(4)14)6-5-10(3)7-8-13/h7,12-13H,1,5-6,8H2,2-4H3/b10-7+. The van der Waals surface area contributed by atoms with E-state index in [9.17, 15) is 4.79 Å². The molecule has 0 radical (unpaired) electrons. The first-order valence-electron chi connectivity index (χ1n) is 5.06. The Morgan fingerprint density at radius 3 is 2.47 bits per heavy atom. The lowest BCUT2D eigenvalue weighted by molar-refractivity contribution is -0.144. The Bertz CT molecular complexity index is 254. The second-order valence-electron chi connectivity index (χ2n) is 3.72. The zero-order valence-corrected chi connectivity index (χ0v) is 9.75. The summed E-state index contributed by atoms with van der Waals surface area (Å²) in [5, 5.41) is 8.68. The van der Waals surface area contributed by atoms with E-state index >= 15 is 0 Å². The van der Waals surface area contributed by atoms with Gasteiger partial charge in [0.15, 0.2) is 0 Å². The van der Waals surface area contributed by atoms with E-state index in [0.29, 0.717) is 0 Å². The summed E-state index contributed by atoms with van der Waals surface area (Å²) in [6, 6.07) is 0. The van der Waals surface area contributed by atoms with Crippen molar-refractivity contribution in [3.8, 4) is 0 Å². The Labute approximate surface area is 91.4 Å². The van der Waals surface area contributed by atoms with Gasteiger partial charge in [0, 0.05) is 6.92 Å². The number of carbonyl (C=O) groups excluding carboxylic acids is 1. The maximum absolute atomic E-state index is 10.8. The lowest BCUT2D eigenvalue weighted by Crippen LogP contribution is -2.17. The van der Waals surface area contributed by atoms with Gasteiger partial charge >= 0.3 is 5.97 Å². The van der Waals surface area contributed by atoms with Gasteiger partial charge in [-0.15, -0.1) is 0 Å². The highest BCUT2D eigenvalue weighted by atomic mass is 16.5. The van der Waals surface area contributed by atoms with Gasteiger partial charge < -0.3 is 9.84 Å². The summed E-state index contributed by atoms with van der Waals surface area (Å²) >= 11 is 0. The summed E-state index contributed by atoms with van der Waals surface area (Å²) in [6.07, 6.45) is 3.05. The fourth-order valence-electron chi connectivity index (χ4n) is 1.22. The number of hydrogen-bond donors (Lipinski definition) is 1. The maximum atomic E-state index is 10.8. The molecule has 1 atom stereocenters. The van der Waals surface area contributed by atoms with Crippen molar-refractivity contribution in [1.82, 2.24) is 0 Å². The van der Waals surface area contributed by atoms with E-state index in [0.717, 1.165) is 24.0 Å². The van der Waals surface area contributed by atoms with Gasteiger partial charge in [-0.2, -0.15) is 0 Å². The highest BCUT2D eigenvalue weighted by molar-refractivity contribution is 5.66. The van der Waals surface area contributed by atoms with Crippen LogP contribution in [0.3, 0.4) is 0 Å². The number of aliphatic hydroxyl groups is 1. The van der Waals surface area contributed by atoms with Gasteiger partial charge in [0.2, 0.25) is 0 Å². The van der Waals surface area contributed by atoms with Crippen molar-refractivity contribution in [2.24, 2.45) is 0 Å². The number of ether oxygens (including phenoxy) is 1. The average Bonchev–Trinajstić information content (AvgIpc) is 2.11. The van der Waals surface area contributed by atoms with Crippen LogP contribution in [0.25, 0.3) is 0 Å². The fraction of sp³-hybridized carbons (Fsp3) is 0.583. The molecule has 1 unspecified atom stereocenters. The van der Waals surface area contributed by atoms with E-state index in [1.807, 2.05) is 13.8 Å². The number of carbonyl (C=O) groups is 1. The van der Waals surface area contributed by atoms with Gasteiger partial charge in [-0.1, -0.05) is 18.2 Å². The number of rotatable bonds is 6. The van der Waals surface area contributed by atoms with Crippen molar-refractivity contribution in [2.45, 2.75) is 39.7 Å². The first kappa shape index (κ1) is 13.9. The highest BCUT2D eigenvalue weighted by Crippen LogP contribution is 2.15. The lowest BCUT2D eigenvalue weighted by Gasteiger charge is -2.16. The normalized spacial score (nSPS) is 13.5. The lowest BCUT2D eigenvalue weighted by atomic mass is 10.0. The van der Waals surface area contributed by atoms with Gasteiger partial charge in [-0.05, 0) is 32.3 Å². The molecule has 0 heterocycles. The second kappa shape index (κ2) is 7.23. The van der Waals surface area contributed by atoms with Crippen LogP contribution in [0.5, 0.6) is 0 Å². The molecule has 0 rings (SSSR count). The van der Waals surface area contributed by atoms with Gasteiger partial charge in [0.25, 0.3) is 0 Å². The van der Waals surface area contributed by atoms with Crippen LogP contribution in [-0.2, 0) is 9.53 Å². The maximum Gasteiger partial charge on any atom is 0.303 e. The summed E-state index contributed by atoms with van der Waals surface area (Å²) in [6.45, 7) is 9.02. The van der Waals surface area contributed by atoms with Crippen molar-refractivity contribution in [3.05, 3.63) is 23.8 Å². The van der Waals surface area contributed by atoms with Crippen molar-refractivity contribution in [1.29, 1.82) is 0 Å². The third-order valence-electron chi connectivity index (χ3n) is 2.10. The van der Waals surface area contributed by atoms with Crippen LogP contribution < -0.4 is 0 Å². The Morgan fingerprint density at radius 1 is 1.47 bits per heavy atom. The van der Waals surface area contributed by atoms with Crippen LogP contribution in [0.1, 0.15) is 33.6 Å². The third-order valence-corrected chi connectivity index (χ3v) is 2.10. The molecule has 0 bridgehead atoms. The molecule has 1 N–H and O–H groups in total. The average molecular weight is 212 g/mol. The summed E-state index contributed by atoms with van der Waals surface area (Å²) in [4.78, 5) is 10.8. The topological polar surface area (TPSA) is 46.5 Å². The molecule has 0 aromatic carbocycles. The van der Waals surface area contributed by atoms with E-state index in [-0.39, 0.29) is 18.7 Å². The van der Waals surface area contributed by atoms with Gasteiger partial charge in [-0.3, -0.25) is 4.79 Å². The minimum absolute atomic E-state index is 0.0527. The molecule has 0 saturated heterocycles. The number of aliphatic hydroxyl groups excluding tert-OH is 1. The van der Waals surface area contributed by atoms with Gasteiger partial charge in [0.05, 0.1) is 6.61 Å². The van der Waals surface area contributed by atoms with Crippen molar-refractivity contribution >= 4 is 5.97 Å². The molecular weight excluding hydrogens is 192 g/mol. The molecule has 0 spiro atoms. The molecule has 0 aliphatic heterocycles. The predicted molar refractivity (Wildman–Crippen MR) is 60.4 cm³/mol. The minimum Gasteiger partial charge on any atom is -0.458 e. The molecule has 0 fully saturated rings. The minimum atomic E-state index is -0.285. The first-order valence-corrected chi connectivity index (χ1v) is 5.06. The van der Waals surface area contributed by atoms with E-state index in [2.05, 4.69) is 6.58 Å². The van der Waals surface area contributed by atoms with Crippen molar-refractivity contribution in [3.63, 3.8) is 0 Å². The van der Waals surface area contributed by atoms with Crippen LogP contribution in [0.2, 0.25) is 0 Å². The SMILES string of the molecule is C=C(C)C(CC/C(C)=C/CO)OC(C)=O. The number of allylic oxidation sites excluding steroid dienone is 1. The van der Waals surface area contributed by atoms with Crippen LogP contribution >= 0.6 is 0 Å². The summed E-state index contributed by atoms with van der Waals surface area (Å²) in [7, 11) is 0. The molecule has 3 heteroatoms. The molecule has 3 nitrogen and oxygen atoms in total. The smallest absolute Gasteiger partial charge is 0.303 e. The molecule has 0 aliphatic carbocycles. The number of hydrogen-bond acceptors (Lipinski definition) is 3. The molecule has 0 saturated carbocycles. The van der Waals surface area contributed by atoms with Crippen LogP contribution in [-0.4, -0.2) is 23.8 Å². The zero-order valence-electron chi connectivity index (χ0n) is 9.75. The number of esters is 1.